The summed E-state index contributed by atoms with van der Waals surface area (Å²) in [5, 5.41) is 3.81. The molecule has 0 N–H and O–H groups in total. The minimum absolute atomic E-state index is 0.0787. The summed E-state index contributed by atoms with van der Waals surface area (Å²) in [4.78, 5) is 5.11. The molecule has 4 heterocycles. The molecular weight excluding hydrogens is 560 g/mol. The standard InChI is InChI=1S/C42H30N4/c1-42(2)33-15-7-10-18-37(33)46-36-25-24-31-30-14-6-9-17-35(30)44(40(31)32(36)26-39(42)46)29-22-20-27(21-23-29)41-43-34-16-8-11-19-38(34)45(41)28-12-4-3-5-13-28/h3-26H,1-2H3. The van der Waals surface area contributed by atoms with Crippen LogP contribution in [-0.2, 0) is 5.41 Å². The average Bonchev–Trinajstić information content (AvgIpc) is 3.83. The maximum Gasteiger partial charge on any atom is 0.145 e. The second-order valence-corrected chi connectivity index (χ2v) is 12.9. The van der Waals surface area contributed by atoms with E-state index in [0.717, 1.165) is 33.8 Å². The van der Waals surface area contributed by atoms with Gasteiger partial charge in [0.25, 0.3) is 0 Å². The molecule has 0 fully saturated rings. The van der Waals surface area contributed by atoms with Crippen LogP contribution in [0.3, 0.4) is 0 Å². The molecule has 0 amide bonds. The number of para-hydroxylation sites is 5. The van der Waals surface area contributed by atoms with E-state index in [1.54, 1.807) is 0 Å². The lowest BCUT2D eigenvalue weighted by atomic mass is 9.83. The third-order valence-corrected chi connectivity index (χ3v) is 10.0. The molecule has 46 heavy (non-hydrogen) atoms. The van der Waals surface area contributed by atoms with Gasteiger partial charge in [0, 0.05) is 49.9 Å². The van der Waals surface area contributed by atoms with Crippen LogP contribution in [0.15, 0.2) is 146 Å². The van der Waals surface area contributed by atoms with Gasteiger partial charge in [0.1, 0.15) is 5.82 Å². The molecule has 9 aromatic rings. The van der Waals surface area contributed by atoms with Crippen molar-refractivity contribution in [2.24, 2.45) is 0 Å². The monoisotopic (exact) mass is 590 g/mol. The Labute approximate surface area is 266 Å². The number of hydrogen-bond acceptors (Lipinski definition) is 1. The number of rotatable bonds is 3. The zero-order chi connectivity index (χ0) is 30.6. The summed E-state index contributed by atoms with van der Waals surface area (Å²) in [6.07, 6.45) is 0. The van der Waals surface area contributed by atoms with Gasteiger partial charge >= 0.3 is 0 Å². The summed E-state index contributed by atoms with van der Waals surface area (Å²) in [6, 6.07) is 52.5. The van der Waals surface area contributed by atoms with E-state index in [0.29, 0.717) is 0 Å². The SMILES string of the molecule is CC1(C)c2ccccc2-n2c1cc1c2ccc2c3ccccc3n(-c3ccc(-c4nc5ccccc5n4-c4ccccc4)cc3)c21. The molecule has 1 aliphatic rings. The highest BCUT2D eigenvalue weighted by Gasteiger charge is 2.37. The Bertz CT molecular complexity index is 2650. The lowest BCUT2D eigenvalue weighted by Crippen LogP contribution is -2.14. The second kappa shape index (κ2) is 9.09. The second-order valence-electron chi connectivity index (χ2n) is 12.9. The van der Waals surface area contributed by atoms with E-state index in [4.69, 9.17) is 4.98 Å². The zero-order valence-corrected chi connectivity index (χ0v) is 25.6. The lowest BCUT2D eigenvalue weighted by Gasteiger charge is -2.18. The smallest absolute Gasteiger partial charge is 0.145 e. The van der Waals surface area contributed by atoms with Crippen LogP contribution in [0.5, 0.6) is 0 Å². The summed E-state index contributed by atoms with van der Waals surface area (Å²) >= 11 is 0. The van der Waals surface area contributed by atoms with Gasteiger partial charge in [-0.15, -0.1) is 0 Å². The van der Waals surface area contributed by atoms with Crippen LogP contribution in [0.25, 0.3) is 72.2 Å². The predicted octanol–water partition coefficient (Wildman–Crippen LogP) is 10.4. The molecule has 0 saturated carbocycles. The van der Waals surface area contributed by atoms with Crippen molar-refractivity contribution in [3.05, 3.63) is 157 Å². The van der Waals surface area contributed by atoms with Gasteiger partial charge in [-0.1, -0.05) is 86.6 Å². The Morgan fingerprint density at radius 2 is 1.17 bits per heavy atom. The molecule has 10 rings (SSSR count). The van der Waals surface area contributed by atoms with Crippen molar-refractivity contribution in [2.45, 2.75) is 19.3 Å². The van der Waals surface area contributed by atoms with Crippen molar-refractivity contribution in [1.82, 2.24) is 18.7 Å². The van der Waals surface area contributed by atoms with E-state index in [2.05, 4.69) is 173 Å². The van der Waals surface area contributed by atoms with Gasteiger partial charge in [-0.3, -0.25) is 4.57 Å². The fourth-order valence-electron chi connectivity index (χ4n) is 7.88. The highest BCUT2D eigenvalue weighted by Crippen LogP contribution is 2.48. The largest absolute Gasteiger partial charge is 0.312 e. The molecule has 4 nitrogen and oxygen atoms in total. The number of nitrogens with zero attached hydrogens (tertiary/aromatic N) is 4. The summed E-state index contributed by atoms with van der Waals surface area (Å²) in [5.74, 6) is 0.938. The molecule has 0 spiro atoms. The van der Waals surface area contributed by atoms with Gasteiger partial charge in [0.05, 0.1) is 27.6 Å². The number of imidazole rings is 1. The van der Waals surface area contributed by atoms with Crippen LogP contribution in [0.2, 0.25) is 0 Å². The van der Waals surface area contributed by atoms with Crippen molar-refractivity contribution in [3.63, 3.8) is 0 Å². The van der Waals surface area contributed by atoms with E-state index in [1.807, 2.05) is 0 Å². The average molecular weight is 591 g/mol. The van der Waals surface area contributed by atoms with E-state index in [9.17, 15) is 0 Å². The first-order chi connectivity index (χ1) is 22.6. The Morgan fingerprint density at radius 3 is 2.02 bits per heavy atom. The molecule has 218 valence electrons. The van der Waals surface area contributed by atoms with Crippen molar-refractivity contribution in [2.75, 3.05) is 0 Å². The third-order valence-electron chi connectivity index (χ3n) is 10.0. The molecule has 1 aliphatic heterocycles. The Kier molecular flexibility index (Phi) is 5.03. The van der Waals surface area contributed by atoms with Gasteiger partial charge in [0.2, 0.25) is 0 Å². The number of aromatic nitrogens is 4. The summed E-state index contributed by atoms with van der Waals surface area (Å²) in [6.45, 7) is 4.69. The number of benzene rings is 6. The van der Waals surface area contributed by atoms with E-state index >= 15 is 0 Å². The topological polar surface area (TPSA) is 27.7 Å². The fraction of sp³-hybridized carbons (Fsp3) is 0.0714. The van der Waals surface area contributed by atoms with Crippen molar-refractivity contribution in [1.29, 1.82) is 0 Å². The van der Waals surface area contributed by atoms with Crippen LogP contribution < -0.4 is 0 Å². The van der Waals surface area contributed by atoms with Crippen LogP contribution in [0.4, 0.5) is 0 Å². The van der Waals surface area contributed by atoms with Gasteiger partial charge in [-0.05, 0) is 78.4 Å². The molecule has 3 aromatic heterocycles. The fourth-order valence-corrected chi connectivity index (χ4v) is 7.88. The summed E-state index contributed by atoms with van der Waals surface area (Å²) in [7, 11) is 0. The lowest BCUT2D eigenvalue weighted by molar-refractivity contribution is 0.645. The molecule has 0 unspecified atom stereocenters. The van der Waals surface area contributed by atoms with Gasteiger partial charge in [-0.25, -0.2) is 4.98 Å². The van der Waals surface area contributed by atoms with Crippen LogP contribution in [0, 0.1) is 0 Å². The van der Waals surface area contributed by atoms with Crippen molar-refractivity contribution < 1.29 is 0 Å². The van der Waals surface area contributed by atoms with E-state index in [-0.39, 0.29) is 5.41 Å². The highest BCUT2D eigenvalue weighted by molar-refractivity contribution is 6.18. The van der Waals surface area contributed by atoms with Gasteiger partial charge in [0.15, 0.2) is 0 Å². The quantitative estimate of drug-likeness (QED) is 0.201. The maximum absolute atomic E-state index is 5.11. The molecule has 0 bridgehead atoms. The van der Waals surface area contributed by atoms with Crippen LogP contribution in [0.1, 0.15) is 25.1 Å². The van der Waals surface area contributed by atoms with Crippen LogP contribution >= 0.6 is 0 Å². The molecule has 4 heteroatoms. The normalized spacial score (nSPS) is 13.6. The molecule has 0 atom stereocenters. The number of fused-ring (bicyclic) bond motifs is 10. The first kappa shape index (κ1) is 25.5. The summed E-state index contributed by atoms with van der Waals surface area (Å²) in [5.41, 5.74) is 13.0. The van der Waals surface area contributed by atoms with Gasteiger partial charge in [-0.2, -0.15) is 0 Å². The predicted molar refractivity (Wildman–Crippen MR) is 190 cm³/mol. The zero-order valence-electron chi connectivity index (χ0n) is 25.6. The Morgan fingerprint density at radius 1 is 0.500 bits per heavy atom. The van der Waals surface area contributed by atoms with Crippen LogP contribution in [-0.4, -0.2) is 18.7 Å². The minimum Gasteiger partial charge on any atom is -0.312 e. The van der Waals surface area contributed by atoms with E-state index in [1.165, 1.54) is 49.7 Å². The highest BCUT2D eigenvalue weighted by atomic mass is 15.1. The van der Waals surface area contributed by atoms with E-state index < -0.39 is 0 Å². The number of hydrogen-bond donors (Lipinski definition) is 0. The van der Waals surface area contributed by atoms with Crippen molar-refractivity contribution in [3.8, 4) is 28.5 Å². The minimum atomic E-state index is -0.0787. The Balaban J connectivity index is 1.21. The first-order valence-corrected chi connectivity index (χ1v) is 15.9. The molecule has 6 aromatic carbocycles. The molecular formula is C42H30N4. The molecule has 0 aliphatic carbocycles. The van der Waals surface area contributed by atoms with Gasteiger partial charge < -0.3 is 9.13 Å². The molecule has 0 saturated heterocycles. The Hall–Kier alpha value is -5.87. The summed E-state index contributed by atoms with van der Waals surface area (Å²) < 4.78 is 7.19. The first-order valence-electron chi connectivity index (χ1n) is 15.9. The third kappa shape index (κ3) is 3.30. The van der Waals surface area contributed by atoms with Crippen molar-refractivity contribution >= 4 is 43.7 Å². The molecule has 0 radical (unpaired) electrons. The maximum atomic E-state index is 5.11.